The van der Waals surface area contributed by atoms with Crippen molar-refractivity contribution in [1.82, 2.24) is 15.5 Å². The topological polar surface area (TPSA) is 98.7 Å². The van der Waals surface area contributed by atoms with Gasteiger partial charge in [-0.25, -0.2) is 4.79 Å². The largest absolute Gasteiger partial charge is 0.481 e. The number of imide groups is 1. The number of carbonyl (C=O) groups excluding carboxylic acids is 2. The predicted molar refractivity (Wildman–Crippen MR) is 64.1 cm³/mol. The first kappa shape index (κ1) is 14.4. The highest BCUT2D eigenvalue weighted by Crippen LogP contribution is 2.19. The van der Waals surface area contributed by atoms with E-state index in [1.54, 1.807) is 0 Å². The Morgan fingerprint density at radius 1 is 1.39 bits per heavy atom. The number of amides is 3. The summed E-state index contributed by atoms with van der Waals surface area (Å²) in [4.78, 5) is 34.9. The molecule has 0 aromatic heterocycles. The first-order valence-electron chi connectivity index (χ1n) is 6.00. The van der Waals surface area contributed by atoms with Crippen LogP contribution in [0.4, 0.5) is 4.79 Å². The Bertz CT molecular complexity index is 332. The Balaban J connectivity index is 2.31. The summed E-state index contributed by atoms with van der Waals surface area (Å²) in [5.74, 6) is -1.17. The van der Waals surface area contributed by atoms with Gasteiger partial charge in [-0.3, -0.25) is 19.8 Å². The first-order chi connectivity index (χ1) is 8.52. The Hall–Kier alpha value is -1.63. The second-order valence-corrected chi connectivity index (χ2v) is 4.31. The fourth-order valence-electron chi connectivity index (χ4n) is 2.12. The van der Waals surface area contributed by atoms with E-state index in [9.17, 15) is 14.4 Å². The number of hydrogen-bond donors (Lipinski definition) is 3. The van der Waals surface area contributed by atoms with Gasteiger partial charge in [0.2, 0.25) is 5.91 Å². The van der Waals surface area contributed by atoms with E-state index in [0.717, 1.165) is 19.4 Å². The first-order valence-corrected chi connectivity index (χ1v) is 6.00. The van der Waals surface area contributed by atoms with Crippen LogP contribution in [0.5, 0.6) is 0 Å². The molecule has 0 aromatic carbocycles. The van der Waals surface area contributed by atoms with Crippen molar-refractivity contribution in [3.05, 3.63) is 0 Å². The van der Waals surface area contributed by atoms with Gasteiger partial charge in [-0.05, 0) is 19.4 Å². The average Bonchev–Trinajstić information content (AvgIpc) is 2.72. The molecular formula is C11H19N3O4. The molecule has 0 spiro atoms. The van der Waals surface area contributed by atoms with E-state index in [2.05, 4.69) is 10.6 Å². The molecule has 0 saturated carbocycles. The fraction of sp³-hybridized carbons (Fsp3) is 0.727. The molecule has 7 nitrogen and oxygen atoms in total. The third kappa shape index (κ3) is 4.70. The number of carboxylic acid groups (broad SMARTS) is 1. The van der Waals surface area contributed by atoms with Crippen LogP contribution in [0.3, 0.4) is 0 Å². The molecule has 1 aliphatic rings. The molecule has 0 radical (unpaired) electrons. The minimum atomic E-state index is -0.818. The lowest BCUT2D eigenvalue weighted by Gasteiger charge is -2.22. The molecule has 0 aliphatic carbocycles. The maximum Gasteiger partial charge on any atom is 0.321 e. The van der Waals surface area contributed by atoms with E-state index < -0.39 is 12.0 Å². The molecule has 102 valence electrons. The van der Waals surface area contributed by atoms with Gasteiger partial charge >= 0.3 is 12.0 Å². The minimum absolute atomic E-state index is 0.00954. The summed E-state index contributed by atoms with van der Waals surface area (Å²) in [5.41, 5.74) is 0. The van der Waals surface area contributed by atoms with Gasteiger partial charge in [0.25, 0.3) is 0 Å². The lowest BCUT2D eigenvalue weighted by atomic mass is 10.1. The molecule has 1 aliphatic heterocycles. The van der Waals surface area contributed by atoms with Gasteiger partial charge in [0.15, 0.2) is 0 Å². The molecule has 1 atom stereocenters. The monoisotopic (exact) mass is 257 g/mol. The van der Waals surface area contributed by atoms with Crippen molar-refractivity contribution in [2.24, 2.45) is 0 Å². The van der Waals surface area contributed by atoms with Crippen LogP contribution < -0.4 is 10.6 Å². The summed E-state index contributed by atoms with van der Waals surface area (Å²) in [6.45, 7) is 1.30. The predicted octanol–water partition coefficient (Wildman–Crippen LogP) is -0.229. The van der Waals surface area contributed by atoms with Crippen molar-refractivity contribution < 1.29 is 19.5 Å². The van der Waals surface area contributed by atoms with Crippen molar-refractivity contribution in [3.8, 4) is 0 Å². The number of aliphatic carboxylic acids is 1. The Labute approximate surface area is 106 Å². The van der Waals surface area contributed by atoms with Crippen molar-refractivity contribution in [3.63, 3.8) is 0 Å². The molecule has 18 heavy (non-hydrogen) atoms. The van der Waals surface area contributed by atoms with Gasteiger partial charge in [0, 0.05) is 26.1 Å². The lowest BCUT2D eigenvalue weighted by molar-refractivity contribution is -0.138. The third-order valence-corrected chi connectivity index (χ3v) is 3.02. The summed E-state index contributed by atoms with van der Waals surface area (Å²) < 4.78 is 0. The van der Waals surface area contributed by atoms with Crippen LogP contribution in [0.15, 0.2) is 0 Å². The summed E-state index contributed by atoms with van der Waals surface area (Å²) >= 11 is 0. The number of carboxylic acids is 1. The highest BCUT2D eigenvalue weighted by atomic mass is 16.4. The van der Waals surface area contributed by atoms with Gasteiger partial charge in [-0.15, -0.1) is 0 Å². The summed E-state index contributed by atoms with van der Waals surface area (Å²) in [5, 5.41) is 13.2. The highest BCUT2D eigenvalue weighted by molar-refractivity contribution is 5.94. The number of hydrogen-bond acceptors (Lipinski definition) is 4. The van der Waals surface area contributed by atoms with E-state index in [0.29, 0.717) is 6.54 Å². The molecule has 1 unspecified atom stereocenters. The van der Waals surface area contributed by atoms with E-state index >= 15 is 0 Å². The molecule has 3 N–H and O–H groups in total. The van der Waals surface area contributed by atoms with Crippen LogP contribution in [-0.4, -0.2) is 54.1 Å². The van der Waals surface area contributed by atoms with Crippen molar-refractivity contribution in [1.29, 1.82) is 0 Å². The van der Waals surface area contributed by atoms with Crippen molar-refractivity contribution in [2.75, 3.05) is 20.1 Å². The maximum absolute atomic E-state index is 11.4. The average molecular weight is 257 g/mol. The second kappa shape index (κ2) is 6.95. The van der Waals surface area contributed by atoms with Gasteiger partial charge < -0.3 is 10.4 Å². The lowest BCUT2D eigenvalue weighted by Crippen LogP contribution is -2.40. The number of rotatable bonds is 5. The van der Waals surface area contributed by atoms with E-state index in [1.165, 1.54) is 7.05 Å². The zero-order chi connectivity index (χ0) is 13.5. The Morgan fingerprint density at radius 3 is 2.72 bits per heavy atom. The minimum Gasteiger partial charge on any atom is -0.481 e. The second-order valence-electron chi connectivity index (χ2n) is 4.31. The van der Waals surface area contributed by atoms with E-state index in [-0.39, 0.29) is 24.8 Å². The quantitative estimate of drug-likeness (QED) is 0.632. The fourth-order valence-corrected chi connectivity index (χ4v) is 2.12. The normalized spacial score (nSPS) is 19.5. The van der Waals surface area contributed by atoms with Gasteiger partial charge in [-0.1, -0.05) is 0 Å². The number of nitrogens with one attached hydrogen (secondary N) is 2. The zero-order valence-corrected chi connectivity index (χ0v) is 10.4. The van der Waals surface area contributed by atoms with Gasteiger partial charge in [-0.2, -0.15) is 0 Å². The standard InChI is InChI=1S/C11H19N3O4/c1-12-11(18)13-9(15)4-6-14-5-2-3-8(14)7-10(16)17/h8H,2-7H2,1H3,(H,16,17)(H2,12,13,15,18). The molecule has 7 heteroatoms. The molecule has 0 bridgehead atoms. The van der Waals surface area contributed by atoms with Crippen LogP contribution >= 0.6 is 0 Å². The molecular weight excluding hydrogens is 238 g/mol. The third-order valence-electron chi connectivity index (χ3n) is 3.02. The summed E-state index contributed by atoms with van der Waals surface area (Å²) in [6.07, 6.45) is 2.11. The number of likely N-dealkylation sites (tertiary alicyclic amines) is 1. The van der Waals surface area contributed by atoms with Gasteiger partial charge in [0.05, 0.1) is 6.42 Å². The smallest absolute Gasteiger partial charge is 0.321 e. The van der Waals surface area contributed by atoms with Crippen LogP contribution in [0.25, 0.3) is 0 Å². The van der Waals surface area contributed by atoms with Crippen molar-refractivity contribution in [2.45, 2.75) is 31.7 Å². The maximum atomic E-state index is 11.4. The molecule has 0 aromatic rings. The van der Waals surface area contributed by atoms with E-state index in [1.807, 2.05) is 4.90 Å². The van der Waals surface area contributed by atoms with Crippen LogP contribution in [0.2, 0.25) is 0 Å². The van der Waals surface area contributed by atoms with Crippen LogP contribution in [-0.2, 0) is 9.59 Å². The summed E-state index contributed by atoms with van der Waals surface area (Å²) in [7, 11) is 1.44. The SMILES string of the molecule is CNC(=O)NC(=O)CCN1CCCC1CC(=O)O. The molecule has 1 heterocycles. The van der Waals surface area contributed by atoms with E-state index in [4.69, 9.17) is 5.11 Å². The summed E-state index contributed by atoms with van der Waals surface area (Å²) in [6, 6.07) is -0.515. The number of carbonyl (C=O) groups is 3. The molecule has 1 rings (SSSR count). The number of nitrogens with zero attached hydrogens (tertiary/aromatic N) is 1. The Morgan fingerprint density at radius 2 is 2.11 bits per heavy atom. The molecule has 1 fully saturated rings. The zero-order valence-electron chi connectivity index (χ0n) is 10.4. The highest BCUT2D eigenvalue weighted by Gasteiger charge is 2.26. The van der Waals surface area contributed by atoms with Crippen LogP contribution in [0.1, 0.15) is 25.7 Å². The number of urea groups is 1. The van der Waals surface area contributed by atoms with Crippen LogP contribution in [0, 0.1) is 0 Å². The molecule has 1 saturated heterocycles. The van der Waals surface area contributed by atoms with Crippen molar-refractivity contribution >= 4 is 17.9 Å². The Kier molecular flexibility index (Phi) is 5.57. The molecule has 3 amide bonds. The van der Waals surface area contributed by atoms with Gasteiger partial charge in [0.1, 0.15) is 0 Å².